The van der Waals surface area contributed by atoms with Crippen LogP contribution in [-0.2, 0) is 0 Å². The molecule has 0 aromatic heterocycles. The Labute approximate surface area is 63.5 Å². The molecule has 0 saturated heterocycles. The fraction of sp³-hybridized carbons (Fsp3) is 0.889. The van der Waals surface area contributed by atoms with Gasteiger partial charge in [0.05, 0.1) is 0 Å². The van der Waals surface area contributed by atoms with Gasteiger partial charge in [0.2, 0.25) is 0 Å². The van der Waals surface area contributed by atoms with Crippen molar-refractivity contribution in [1.82, 2.24) is 0 Å². The summed E-state index contributed by atoms with van der Waals surface area (Å²) in [6.07, 6.45) is 11.6. The molecule has 0 aromatic carbocycles. The topological polar surface area (TPSA) is 12.4 Å². The molecule has 1 aliphatic rings. The van der Waals surface area contributed by atoms with Gasteiger partial charge in [0.15, 0.2) is 0 Å². The van der Waals surface area contributed by atoms with Crippen LogP contribution in [0.4, 0.5) is 0 Å². The van der Waals surface area contributed by atoms with Crippen LogP contribution in [0.2, 0.25) is 0 Å². The molecule has 1 aliphatic heterocycles. The highest BCUT2D eigenvalue weighted by Crippen LogP contribution is 2.07. The number of hydrogen-bond acceptors (Lipinski definition) is 1. The van der Waals surface area contributed by atoms with Crippen LogP contribution >= 0.6 is 0 Å². The van der Waals surface area contributed by atoms with Crippen LogP contribution in [0.3, 0.4) is 0 Å². The monoisotopic (exact) mass is 139 g/mol. The normalized spacial score (nSPS) is 25.6. The number of hydrogen-bond donors (Lipinski definition) is 0. The van der Waals surface area contributed by atoms with Gasteiger partial charge in [-0.05, 0) is 25.5 Å². The summed E-state index contributed by atoms with van der Waals surface area (Å²) in [5.41, 5.74) is 0. The van der Waals surface area contributed by atoms with Crippen LogP contribution in [0, 0.1) is 0 Å². The van der Waals surface area contributed by atoms with E-state index in [2.05, 4.69) is 11.2 Å². The molecule has 10 heavy (non-hydrogen) atoms. The molecule has 0 atom stereocenters. The molecule has 0 fully saturated rings. The average molecular weight is 139 g/mol. The smallest absolute Gasteiger partial charge is 0.0385 e. The van der Waals surface area contributed by atoms with Crippen molar-refractivity contribution in [2.24, 2.45) is 4.99 Å². The summed E-state index contributed by atoms with van der Waals surface area (Å²) in [6.45, 7) is 1.07. The largest absolute Gasteiger partial charge is 0.298 e. The lowest BCUT2D eigenvalue weighted by Gasteiger charge is -2.01. The zero-order chi connectivity index (χ0) is 7.07. The number of aliphatic imine (C=N–C) groups is 1. The first-order valence-corrected chi connectivity index (χ1v) is 4.48. The summed E-state index contributed by atoms with van der Waals surface area (Å²) in [6, 6.07) is 0. The van der Waals surface area contributed by atoms with Gasteiger partial charge in [-0.1, -0.05) is 25.7 Å². The van der Waals surface area contributed by atoms with Crippen molar-refractivity contribution < 1.29 is 0 Å². The summed E-state index contributed by atoms with van der Waals surface area (Å²) in [5, 5.41) is 0. The molecule has 1 heterocycles. The summed E-state index contributed by atoms with van der Waals surface area (Å²) in [4.78, 5) is 4.31. The van der Waals surface area contributed by atoms with Crippen molar-refractivity contribution in [2.75, 3.05) is 6.54 Å². The van der Waals surface area contributed by atoms with Crippen LogP contribution in [0.15, 0.2) is 4.99 Å². The quantitative estimate of drug-likeness (QED) is 0.489. The molecule has 0 unspecified atom stereocenters. The van der Waals surface area contributed by atoms with Crippen LogP contribution in [0.5, 0.6) is 0 Å². The van der Waals surface area contributed by atoms with E-state index in [1.165, 1.54) is 44.9 Å². The standard InChI is InChI=1S/C9H17N/c1-2-4-6-8-10-9-7-5-3-1/h8H,1-7,9H2/b10-8+. The Bertz CT molecular complexity index is 84.9. The molecule has 0 aliphatic carbocycles. The van der Waals surface area contributed by atoms with E-state index in [1.807, 2.05) is 0 Å². The fourth-order valence-electron chi connectivity index (χ4n) is 1.33. The molecule has 1 nitrogen and oxygen atoms in total. The predicted octanol–water partition coefficient (Wildman–Crippen LogP) is 2.80. The summed E-state index contributed by atoms with van der Waals surface area (Å²) < 4.78 is 0. The third-order valence-corrected chi connectivity index (χ3v) is 2.00. The van der Waals surface area contributed by atoms with Crippen molar-refractivity contribution in [3.8, 4) is 0 Å². The third kappa shape index (κ3) is 3.65. The SMILES string of the molecule is C1=N/CCCCCCCC/1. The Kier molecular flexibility index (Phi) is 4.24. The van der Waals surface area contributed by atoms with Crippen LogP contribution in [0.25, 0.3) is 0 Å². The van der Waals surface area contributed by atoms with Crippen molar-refractivity contribution in [3.05, 3.63) is 0 Å². The zero-order valence-corrected chi connectivity index (χ0v) is 6.68. The lowest BCUT2D eigenvalue weighted by Crippen LogP contribution is -1.88. The molecule has 0 N–H and O–H groups in total. The van der Waals surface area contributed by atoms with E-state index in [4.69, 9.17) is 0 Å². The first kappa shape index (κ1) is 7.77. The molecule has 0 radical (unpaired) electrons. The molecule has 0 saturated carbocycles. The average Bonchev–Trinajstić information content (AvgIpc) is 2.01. The summed E-state index contributed by atoms with van der Waals surface area (Å²) >= 11 is 0. The first-order valence-electron chi connectivity index (χ1n) is 4.48. The van der Waals surface area contributed by atoms with Gasteiger partial charge in [0.25, 0.3) is 0 Å². The second kappa shape index (κ2) is 5.45. The minimum atomic E-state index is 1.07. The molecular weight excluding hydrogens is 122 g/mol. The van der Waals surface area contributed by atoms with Crippen molar-refractivity contribution in [2.45, 2.75) is 44.9 Å². The van der Waals surface area contributed by atoms with E-state index in [1.54, 1.807) is 0 Å². The minimum Gasteiger partial charge on any atom is -0.298 e. The summed E-state index contributed by atoms with van der Waals surface area (Å²) in [5.74, 6) is 0. The van der Waals surface area contributed by atoms with Gasteiger partial charge in [0, 0.05) is 6.54 Å². The molecule has 0 spiro atoms. The Morgan fingerprint density at radius 2 is 1.50 bits per heavy atom. The lowest BCUT2D eigenvalue weighted by molar-refractivity contribution is 0.599. The maximum absolute atomic E-state index is 4.31. The van der Waals surface area contributed by atoms with Crippen LogP contribution in [-0.4, -0.2) is 12.8 Å². The van der Waals surface area contributed by atoms with E-state index in [0.717, 1.165) is 6.54 Å². The second-order valence-corrected chi connectivity index (χ2v) is 3.00. The van der Waals surface area contributed by atoms with Crippen molar-refractivity contribution >= 4 is 6.21 Å². The maximum Gasteiger partial charge on any atom is 0.0385 e. The van der Waals surface area contributed by atoms with Gasteiger partial charge in [-0.25, -0.2) is 0 Å². The van der Waals surface area contributed by atoms with Gasteiger partial charge in [-0.2, -0.15) is 0 Å². The molecule has 1 rings (SSSR count). The molecule has 0 bridgehead atoms. The molecular formula is C9H17N. The highest BCUT2D eigenvalue weighted by Gasteiger charge is 1.92. The van der Waals surface area contributed by atoms with Gasteiger partial charge < -0.3 is 0 Å². The van der Waals surface area contributed by atoms with E-state index >= 15 is 0 Å². The molecule has 58 valence electrons. The third-order valence-electron chi connectivity index (χ3n) is 2.00. The fourth-order valence-corrected chi connectivity index (χ4v) is 1.33. The Hall–Kier alpha value is -0.330. The first-order chi connectivity index (χ1) is 5.00. The van der Waals surface area contributed by atoms with Crippen LogP contribution in [0.1, 0.15) is 44.9 Å². The summed E-state index contributed by atoms with van der Waals surface area (Å²) in [7, 11) is 0. The van der Waals surface area contributed by atoms with Gasteiger partial charge in [0.1, 0.15) is 0 Å². The molecule has 0 aromatic rings. The Morgan fingerprint density at radius 3 is 2.40 bits per heavy atom. The highest BCUT2D eigenvalue weighted by molar-refractivity contribution is 5.56. The van der Waals surface area contributed by atoms with E-state index in [-0.39, 0.29) is 0 Å². The lowest BCUT2D eigenvalue weighted by atomic mass is 10.1. The predicted molar refractivity (Wildman–Crippen MR) is 45.7 cm³/mol. The van der Waals surface area contributed by atoms with Gasteiger partial charge in [-0.15, -0.1) is 0 Å². The van der Waals surface area contributed by atoms with E-state index in [9.17, 15) is 0 Å². The Morgan fingerprint density at radius 1 is 0.800 bits per heavy atom. The number of nitrogens with zero attached hydrogens (tertiary/aromatic N) is 1. The molecule has 1 heteroatoms. The maximum atomic E-state index is 4.31. The van der Waals surface area contributed by atoms with Crippen molar-refractivity contribution in [3.63, 3.8) is 0 Å². The van der Waals surface area contributed by atoms with Gasteiger partial charge >= 0.3 is 0 Å². The zero-order valence-electron chi connectivity index (χ0n) is 6.68. The Balaban J connectivity index is 2.13. The second-order valence-electron chi connectivity index (χ2n) is 3.00. The van der Waals surface area contributed by atoms with Crippen molar-refractivity contribution in [1.29, 1.82) is 0 Å². The minimum absolute atomic E-state index is 1.07. The van der Waals surface area contributed by atoms with Gasteiger partial charge in [-0.3, -0.25) is 4.99 Å². The molecule has 0 amide bonds. The number of rotatable bonds is 0. The van der Waals surface area contributed by atoms with E-state index in [0.29, 0.717) is 0 Å². The van der Waals surface area contributed by atoms with Crippen LogP contribution < -0.4 is 0 Å². The van der Waals surface area contributed by atoms with E-state index < -0.39 is 0 Å². The highest BCUT2D eigenvalue weighted by atomic mass is 14.7.